The second-order valence-electron chi connectivity index (χ2n) is 3.04. The molecule has 0 spiro atoms. The molecule has 1 aromatic carbocycles. The molecule has 4 nitrogen and oxygen atoms in total. The zero-order chi connectivity index (χ0) is 11.5. The van der Waals surface area contributed by atoms with E-state index < -0.39 is 0 Å². The number of nitrogens with zero attached hydrogens (tertiary/aromatic N) is 2. The van der Waals surface area contributed by atoms with Crippen LogP contribution < -0.4 is 4.98 Å². The molecule has 0 saturated carbocycles. The van der Waals surface area contributed by atoms with Crippen LogP contribution >= 0.6 is 23.2 Å². The fourth-order valence-corrected chi connectivity index (χ4v) is 1.59. The highest BCUT2D eigenvalue weighted by atomic mass is 35.5. The zero-order valence-electron chi connectivity index (χ0n) is 7.95. The molecule has 0 aliphatic rings. The van der Waals surface area contributed by atoms with Crippen LogP contribution in [0.3, 0.4) is 0 Å². The summed E-state index contributed by atoms with van der Waals surface area (Å²) in [7, 11) is 0. The lowest BCUT2D eigenvalue weighted by atomic mass is 10.1. The van der Waals surface area contributed by atoms with Gasteiger partial charge in [-0.3, -0.25) is 0 Å². The molecule has 2 rings (SSSR count). The lowest BCUT2D eigenvalue weighted by Gasteiger charge is -1.99. The lowest BCUT2D eigenvalue weighted by Crippen LogP contribution is -2.06. The zero-order valence-corrected chi connectivity index (χ0v) is 9.46. The number of hydrogen-bond donors (Lipinski definition) is 0. The maximum atomic E-state index is 10.5. The second kappa shape index (κ2) is 4.55. The monoisotopic (exact) mass is 254 g/mol. The Kier molecular flexibility index (Phi) is 3.12. The Morgan fingerprint density at radius 2 is 2.06 bits per heavy atom. The lowest BCUT2D eigenvalue weighted by molar-refractivity contribution is -0.369. The van der Waals surface area contributed by atoms with Crippen LogP contribution in [0, 0.1) is 4.91 Å². The number of H-pyrrole nitrogens is 1. The Bertz CT molecular complexity index is 545. The first-order valence-electron chi connectivity index (χ1n) is 4.37. The third-order valence-corrected chi connectivity index (χ3v) is 2.55. The van der Waals surface area contributed by atoms with Crippen molar-refractivity contribution in [1.29, 1.82) is 0 Å². The number of halogens is 2. The summed E-state index contributed by atoms with van der Waals surface area (Å²) in [5.41, 5.74) is 1.70. The van der Waals surface area contributed by atoms with Crippen molar-refractivity contribution in [1.82, 2.24) is 4.98 Å². The highest BCUT2D eigenvalue weighted by Gasteiger charge is 2.08. The molecule has 0 saturated heterocycles. The molecular weight excluding hydrogens is 249 g/mol. The SMILES string of the molecule is O=Nc1cc(-c2cc(Cl)nc[nH+]2)ccc1Cl. The maximum Gasteiger partial charge on any atom is 0.286 e. The summed E-state index contributed by atoms with van der Waals surface area (Å²) < 4.78 is 0. The molecule has 80 valence electrons. The van der Waals surface area contributed by atoms with Crippen molar-refractivity contribution in [2.75, 3.05) is 0 Å². The number of nitroso groups, excluding NO2 is 1. The van der Waals surface area contributed by atoms with Crippen LogP contribution in [0.2, 0.25) is 10.2 Å². The van der Waals surface area contributed by atoms with Gasteiger partial charge in [0.1, 0.15) is 11.4 Å². The second-order valence-corrected chi connectivity index (χ2v) is 3.84. The molecular formula is C10H6Cl2N3O+. The van der Waals surface area contributed by atoms with Crippen molar-refractivity contribution in [2.24, 2.45) is 5.18 Å². The summed E-state index contributed by atoms with van der Waals surface area (Å²) in [4.78, 5) is 17.2. The number of benzene rings is 1. The molecule has 2 aromatic rings. The minimum atomic E-state index is 0.195. The molecule has 0 bridgehead atoms. The van der Waals surface area contributed by atoms with E-state index in [-0.39, 0.29) is 5.69 Å². The van der Waals surface area contributed by atoms with Gasteiger partial charge in [0.25, 0.3) is 6.33 Å². The van der Waals surface area contributed by atoms with Gasteiger partial charge in [0, 0.05) is 11.6 Å². The Morgan fingerprint density at radius 1 is 1.25 bits per heavy atom. The molecule has 0 amide bonds. The summed E-state index contributed by atoms with van der Waals surface area (Å²) >= 11 is 11.5. The Hall–Kier alpha value is -1.52. The van der Waals surface area contributed by atoms with Crippen LogP contribution in [0.15, 0.2) is 35.8 Å². The van der Waals surface area contributed by atoms with E-state index in [4.69, 9.17) is 23.2 Å². The average Bonchev–Trinajstić information content (AvgIpc) is 2.29. The van der Waals surface area contributed by atoms with Gasteiger partial charge in [-0.1, -0.05) is 11.6 Å². The van der Waals surface area contributed by atoms with E-state index in [1.54, 1.807) is 24.3 Å². The summed E-state index contributed by atoms with van der Waals surface area (Å²) in [5.74, 6) is 0. The van der Waals surface area contributed by atoms with Crippen molar-refractivity contribution in [2.45, 2.75) is 0 Å². The van der Waals surface area contributed by atoms with E-state index in [2.05, 4.69) is 15.1 Å². The fraction of sp³-hybridized carbons (Fsp3) is 0. The molecule has 0 unspecified atom stereocenters. The first-order chi connectivity index (χ1) is 7.70. The standard InChI is InChI=1S/C10H5Cl2N3O/c11-7-2-1-6(3-9(7)15-16)8-4-10(12)14-5-13-8/h1-5H/p+1. The summed E-state index contributed by atoms with van der Waals surface area (Å²) in [5, 5.41) is 3.52. The maximum absolute atomic E-state index is 10.5. The molecule has 0 fully saturated rings. The summed E-state index contributed by atoms with van der Waals surface area (Å²) in [6, 6.07) is 6.60. The summed E-state index contributed by atoms with van der Waals surface area (Å²) in [6.45, 7) is 0. The minimum Gasteiger partial charge on any atom is -0.243 e. The van der Waals surface area contributed by atoms with Gasteiger partial charge >= 0.3 is 0 Å². The molecule has 16 heavy (non-hydrogen) atoms. The van der Waals surface area contributed by atoms with Gasteiger partial charge in [0.15, 0.2) is 0 Å². The third kappa shape index (κ3) is 2.18. The molecule has 0 aliphatic carbocycles. The molecule has 6 heteroatoms. The minimum absolute atomic E-state index is 0.195. The topological polar surface area (TPSA) is 56.5 Å². The molecule has 1 aromatic heterocycles. The summed E-state index contributed by atoms with van der Waals surface area (Å²) in [6.07, 6.45) is 1.47. The number of aromatic nitrogens is 2. The molecule has 1 heterocycles. The molecule has 1 N–H and O–H groups in total. The van der Waals surface area contributed by atoms with E-state index in [1.165, 1.54) is 6.33 Å². The Balaban J connectivity index is 2.52. The van der Waals surface area contributed by atoms with Crippen molar-refractivity contribution in [3.8, 4) is 11.3 Å². The largest absolute Gasteiger partial charge is 0.286 e. The number of hydrogen-bond acceptors (Lipinski definition) is 3. The molecule has 0 radical (unpaired) electrons. The third-order valence-electron chi connectivity index (χ3n) is 2.03. The highest BCUT2D eigenvalue weighted by Crippen LogP contribution is 2.29. The van der Waals surface area contributed by atoms with Gasteiger partial charge in [-0.2, -0.15) is 0 Å². The number of nitrogens with one attached hydrogen (secondary N) is 1. The Morgan fingerprint density at radius 3 is 2.75 bits per heavy atom. The predicted octanol–water partition coefficient (Wildman–Crippen LogP) is 3.27. The van der Waals surface area contributed by atoms with Gasteiger partial charge in [0.2, 0.25) is 5.15 Å². The van der Waals surface area contributed by atoms with Crippen molar-refractivity contribution >= 4 is 28.9 Å². The number of aromatic amines is 1. The normalized spacial score (nSPS) is 10.1. The van der Waals surface area contributed by atoms with Crippen LogP contribution in [0.4, 0.5) is 5.69 Å². The van der Waals surface area contributed by atoms with E-state index in [1.807, 2.05) is 0 Å². The van der Waals surface area contributed by atoms with E-state index in [0.717, 1.165) is 11.3 Å². The van der Waals surface area contributed by atoms with Gasteiger partial charge in [0.05, 0.1) is 5.02 Å². The smallest absolute Gasteiger partial charge is 0.243 e. The quantitative estimate of drug-likeness (QED) is 0.610. The van der Waals surface area contributed by atoms with Crippen molar-refractivity contribution in [3.63, 3.8) is 0 Å². The van der Waals surface area contributed by atoms with Gasteiger partial charge in [-0.05, 0) is 40.0 Å². The molecule has 0 aliphatic heterocycles. The Labute approximate surface area is 101 Å². The van der Waals surface area contributed by atoms with Gasteiger partial charge in [-0.15, -0.1) is 4.91 Å². The predicted molar refractivity (Wildman–Crippen MR) is 61.7 cm³/mol. The van der Waals surface area contributed by atoms with Crippen LogP contribution in [-0.2, 0) is 0 Å². The van der Waals surface area contributed by atoms with Crippen LogP contribution in [-0.4, -0.2) is 4.98 Å². The number of rotatable bonds is 2. The van der Waals surface area contributed by atoms with E-state index in [0.29, 0.717) is 10.2 Å². The van der Waals surface area contributed by atoms with Gasteiger partial charge in [-0.25, -0.2) is 4.98 Å². The van der Waals surface area contributed by atoms with E-state index in [9.17, 15) is 4.91 Å². The highest BCUT2D eigenvalue weighted by molar-refractivity contribution is 6.33. The van der Waals surface area contributed by atoms with Gasteiger partial charge < -0.3 is 0 Å². The molecule has 0 atom stereocenters. The first-order valence-corrected chi connectivity index (χ1v) is 5.13. The fourth-order valence-electron chi connectivity index (χ4n) is 1.28. The first kappa shape index (κ1) is 11.0. The van der Waals surface area contributed by atoms with Crippen LogP contribution in [0.1, 0.15) is 0 Å². The van der Waals surface area contributed by atoms with Crippen LogP contribution in [0.25, 0.3) is 11.3 Å². The van der Waals surface area contributed by atoms with E-state index >= 15 is 0 Å². The average molecular weight is 255 g/mol. The van der Waals surface area contributed by atoms with Crippen molar-refractivity contribution < 1.29 is 4.98 Å². The van der Waals surface area contributed by atoms with Crippen molar-refractivity contribution in [3.05, 3.63) is 45.7 Å². The van der Waals surface area contributed by atoms with Crippen LogP contribution in [0.5, 0.6) is 0 Å².